The molecule has 5 rings (SSSR count). The SMILES string of the molecule is CC(C)CC(=O)N=C1S[C@H]2CS(=O)(=O)C[C@H]2N1c1ccc(N2CCC(Cc3ccccc3)CC2)cc1. The molecule has 2 aromatic rings. The highest BCUT2D eigenvalue weighted by Gasteiger charge is 2.49. The van der Waals surface area contributed by atoms with Crippen molar-refractivity contribution in [1.29, 1.82) is 0 Å². The summed E-state index contributed by atoms with van der Waals surface area (Å²) in [4.78, 5) is 21.3. The number of fused-ring (bicyclic) bond motifs is 1. The molecule has 2 aromatic carbocycles. The third-order valence-corrected chi connectivity index (χ3v) is 10.6. The van der Waals surface area contributed by atoms with Crippen molar-refractivity contribution >= 4 is 44.0 Å². The number of nitrogens with zero attached hydrogens (tertiary/aromatic N) is 3. The minimum absolute atomic E-state index is 0.0797. The van der Waals surface area contributed by atoms with Gasteiger partial charge in [-0.15, -0.1) is 0 Å². The lowest BCUT2D eigenvalue weighted by atomic mass is 9.90. The van der Waals surface area contributed by atoms with Crippen molar-refractivity contribution < 1.29 is 13.2 Å². The number of anilines is 2. The van der Waals surface area contributed by atoms with Gasteiger partial charge >= 0.3 is 0 Å². The first-order chi connectivity index (χ1) is 17.3. The monoisotopic (exact) mass is 525 g/mol. The number of sulfone groups is 1. The Hall–Kier alpha value is -2.32. The Balaban J connectivity index is 1.28. The van der Waals surface area contributed by atoms with Crippen LogP contribution in [0.5, 0.6) is 0 Å². The summed E-state index contributed by atoms with van der Waals surface area (Å²) in [7, 11) is -3.08. The van der Waals surface area contributed by atoms with E-state index in [1.165, 1.54) is 35.9 Å². The lowest BCUT2D eigenvalue weighted by Gasteiger charge is -2.34. The summed E-state index contributed by atoms with van der Waals surface area (Å²) >= 11 is 1.44. The summed E-state index contributed by atoms with van der Waals surface area (Å²) in [5.74, 6) is 1.06. The van der Waals surface area contributed by atoms with Gasteiger partial charge in [-0.1, -0.05) is 55.9 Å². The first-order valence-electron chi connectivity index (χ1n) is 12.9. The first-order valence-corrected chi connectivity index (χ1v) is 15.6. The number of carbonyl (C=O) groups is 1. The molecule has 0 saturated carbocycles. The fraction of sp³-hybridized carbons (Fsp3) is 0.500. The number of hydrogen-bond donors (Lipinski definition) is 0. The number of thioether (sulfide) groups is 1. The van der Waals surface area contributed by atoms with Gasteiger partial charge in [0.15, 0.2) is 15.0 Å². The molecule has 0 N–H and O–H groups in total. The van der Waals surface area contributed by atoms with Gasteiger partial charge in [0.1, 0.15) is 0 Å². The minimum atomic E-state index is -3.08. The van der Waals surface area contributed by atoms with Gasteiger partial charge < -0.3 is 9.80 Å². The average Bonchev–Trinajstić information content (AvgIpc) is 3.30. The highest BCUT2D eigenvalue weighted by Crippen LogP contribution is 2.41. The quantitative estimate of drug-likeness (QED) is 0.540. The van der Waals surface area contributed by atoms with Crippen molar-refractivity contribution in [2.45, 2.75) is 50.8 Å². The molecule has 8 heteroatoms. The maximum Gasteiger partial charge on any atom is 0.248 e. The zero-order valence-electron chi connectivity index (χ0n) is 21.0. The highest BCUT2D eigenvalue weighted by atomic mass is 32.2. The molecule has 0 radical (unpaired) electrons. The second-order valence-electron chi connectivity index (χ2n) is 10.7. The molecule has 0 bridgehead atoms. The van der Waals surface area contributed by atoms with Crippen LogP contribution in [0.15, 0.2) is 59.6 Å². The number of aliphatic imine (C=N–C) groups is 1. The zero-order valence-corrected chi connectivity index (χ0v) is 22.7. The summed E-state index contributed by atoms with van der Waals surface area (Å²) in [6, 6.07) is 18.9. The summed E-state index contributed by atoms with van der Waals surface area (Å²) in [6.45, 7) is 6.08. The Morgan fingerprint density at radius 3 is 2.33 bits per heavy atom. The molecule has 3 aliphatic rings. The average molecular weight is 526 g/mol. The third kappa shape index (κ3) is 5.80. The molecule has 6 nitrogen and oxygen atoms in total. The van der Waals surface area contributed by atoms with Crippen LogP contribution in [0, 0.1) is 11.8 Å². The van der Waals surface area contributed by atoms with E-state index in [2.05, 4.69) is 64.5 Å². The van der Waals surface area contributed by atoms with Crippen LogP contribution in [0.25, 0.3) is 0 Å². The number of rotatable bonds is 6. The van der Waals surface area contributed by atoms with Crippen molar-refractivity contribution in [3.05, 3.63) is 60.2 Å². The van der Waals surface area contributed by atoms with E-state index in [1.54, 1.807) is 0 Å². The molecule has 0 aliphatic carbocycles. The summed E-state index contributed by atoms with van der Waals surface area (Å²) in [5, 5.41) is 0.559. The fourth-order valence-corrected chi connectivity index (χ4v) is 9.47. The second kappa shape index (κ2) is 10.6. The van der Waals surface area contributed by atoms with E-state index in [4.69, 9.17) is 0 Å². The number of amides is 1. The Morgan fingerprint density at radius 1 is 1.00 bits per heavy atom. The first kappa shape index (κ1) is 25.3. The molecule has 192 valence electrons. The van der Waals surface area contributed by atoms with Crippen LogP contribution in [0.2, 0.25) is 0 Å². The zero-order chi connectivity index (χ0) is 25.3. The molecular formula is C28H35N3O3S2. The largest absolute Gasteiger partial charge is 0.372 e. The van der Waals surface area contributed by atoms with Crippen molar-refractivity contribution in [3.8, 4) is 0 Å². The predicted octanol–water partition coefficient (Wildman–Crippen LogP) is 4.79. The van der Waals surface area contributed by atoms with Gasteiger partial charge in [0, 0.05) is 36.1 Å². The Bertz CT molecular complexity index is 1200. The van der Waals surface area contributed by atoms with Gasteiger partial charge in [-0.05, 0) is 60.9 Å². The molecular weight excluding hydrogens is 490 g/mol. The van der Waals surface area contributed by atoms with E-state index in [1.807, 2.05) is 18.7 Å². The highest BCUT2D eigenvalue weighted by molar-refractivity contribution is 8.16. The summed E-state index contributed by atoms with van der Waals surface area (Å²) in [5.41, 5.74) is 3.51. The van der Waals surface area contributed by atoms with Crippen molar-refractivity contribution in [2.75, 3.05) is 34.4 Å². The number of carbonyl (C=O) groups excluding carboxylic acids is 1. The van der Waals surface area contributed by atoms with Gasteiger partial charge in [0.05, 0.1) is 17.5 Å². The maximum atomic E-state index is 12.5. The van der Waals surface area contributed by atoms with Crippen LogP contribution < -0.4 is 9.80 Å². The smallest absolute Gasteiger partial charge is 0.248 e. The van der Waals surface area contributed by atoms with Crippen LogP contribution in [0.1, 0.15) is 38.7 Å². The lowest BCUT2D eigenvalue weighted by molar-refractivity contribution is -0.118. The van der Waals surface area contributed by atoms with Gasteiger partial charge in [0.25, 0.3) is 0 Å². The molecule has 3 saturated heterocycles. The van der Waals surface area contributed by atoms with Crippen LogP contribution in [0.3, 0.4) is 0 Å². The Labute approximate surface area is 219 Å². The van der Waals surface area contributed by atoms with E-state index in [9.17, 15) is 13.2 Å². The number of benzene rings is 2. The molecule has 0 unspecified atom stereocenters. The molecule has 36 heavy (non-hydrogen) atoms. The van der Waals surface area contributed by atoms with Gasteiger partial charge in [-0.3, -0.25) is 4.79 Å². The van der Waals surface area contributed by atoms with E-state index >= 15 is 0 Å². The Morgan fingerprint density at radius 2 is 1.67 bits per heavy atom. The van der Waals surface area contributed by atoms with Crippen LogP contribution in [0.4, 0.5) is 11.4 Å². The fourth-order valence-electron chi connectivity index (χ4n) is 5.53. The van der Waals surface area contributed by atoms with Crippen LogP contribution >= 0.6 is 11.8 Å². The predicted molar refractivity (Wildman–Crippen MR) is 150 cm³/mol. The van der Waals surface area contributed by atoms with Gasteiger partial charge in [-0.25, -0.2) is 8.42 Å². The van der Waals surface area contributed by atoms with Gasteiger partial charge in [0.2, 0.25) is 5.91 Å². The number of hydrogen-bond acceptors (Lipinski definition) is 5. The standard InChI is InChI=1S/C28H35N3O3S2/c1-20(2)16-27(32)29-28-31(25-18-36(33,34)19-26(25)35-28)24-10-8-23(9-11-24)30-14-12-22(13-15-30)17-21-6-4-3-5-7-21/h3-11,20,22,25-26H,12-19H2,1-2H3/t25-,26+/m1/s1. The summed E-state index contributed by atoms with van der Waals surface area (Å²) in [6.07, 6.45) is 3.89. The second-order valence-corrected chi connectivity index (χ2v) is 14.1. The third-order valence-electron chi connectivity index (χ3n) is 7.34. The van der Waals surface area contributed by atoms with E-state index in [0.29, 0.717) is 17.5 Å². The molecule has 0 spiro atoms. The van der Waals surface area contributed by atoms with E-state index in [0.717, 1.165) is 25.2 Å². The molecule has 3 heterocycles. The minimum Gasteiger partial charge on any atom is -0.372 e. The molecule has 3 aliphatic heterocycles. The van der Waals surface area contributed by atoms with E-state index in [-0.39, 0.29) is 34.6 Å². The molecule has 0 aromatic heterocycles. The van der Waals surface area contributed by atoms with Crippen molar-refractivity contribution in [2.24, 2.45) is 16.8 Å². The molecule has 1 amide bonds. The Kier molecular flexibility index (Phi) is 7.45. The molecule has 3 fully saturated rings. The molecule has 2 atom stereocenters. The van der Waals surface area contributed by atoms with Crippen molar-refractivity contribution in [1.82, 2.24) is 0 Å². The van der Waals surface area contributed by atoms with E-state index < -0.39 is 9.84 Å². The summed E-state index contributed by atoms with van der Waals surface area (Å²) < 4.78 is 24.7. The number of amidine groups is 1. The normalized spacial score (nSPS) is 25.0. The van der Waals surface area contributed by atoms with Crippen LogP contribution in [-0.2, 0) is 21.1 Å². The number of piperidine rings is 1. The lowest BCUT2D eigenvalue weighted by Crippen LogP contribution is -2.38. The maximum absolute atomic E-state index is 12.5. The van der Waals surface area contributed by atoms with Crippen molar-refractivity contribution in [3.63, 3.8) is 0 Å². The topological polar surface area (TPSA) is 70.0 Å². The van der Waals surface area contributed by atoms with Gasteiger partial charge in [-0.2, -0.15) is 4.99 Å². The van der Waals surface area contributed by atoms with Crippen LogP contribution in [-0.4, -0.2) is 55.4 Å².